The SMILES string of the molecule is Cc1ccc(-n2nnnc2SCC(=O)NC(=O)NCc2ccco2)c(C)c1. The summed E-state index contributed by atoms with van der Waals surface area (Å²) in [5.41, 5.74) is 2.99. The summed E-state index contributed by atoms with van der Waals surface area (Å²) in [5.74, 6) is 0.145. The number of aryl methyl sites for hydroxylation is 2. The molecule has 1 aromatic carbocycles. The van der Waals surface area contributed by atoms with E-state index in [0.717, 1.165) is 28.6 Å². The number of nitrogens with zero attached hydrogens (tertiary/aromatic N) is 4. The topological polar surface area (TPSA) is 115 Å². The second-order valence-corrected chi connectivity index (χ2v) is 6.70. The van der Waals surface area contributed by atoms with Crippen molar-refractivity contribution in [3.05, 3.63) is 53.5 Å². The quantitative estimate of drug-likeness (QED) is 0.623. The van der Waals surface area contributed by atoms with Gasteiger partial charge in [0.05, 0.1) is 24.2 Å². The van der Waals surface area contributed by atoms with E-state index < -0.39 is 11.9 Å². The van der Waals surface area contributed by atoms with Gasteiger partial charge in [-0.05, 0) is 48.0 Å². The Morgan fingerprint density at radius 1 is 1.26 bits per heavy atom. The van der Waals surface area contributed by atoms with Crippen molar-refractivity contribution in [3.8, 4) is 5.69 Å². The summed E-state index contributed by atoms with van der Waals surface area (Å²) >= 11 is 1.14. The van der Waals surface area contributed by atoms with Gasteiger partial charge < -0.3 is 9.73 Å². The normalized spacial score (nSPS) is 10.6. The fourth-order valence-electron chi connectivity index (χ4n) is 2.38. The fourth-order valence-corrected chi connectivity index (χ4v) is 3.06. The lowest BCUT2D eigenvalue weighted by Crippen LogP contribution is -2.39. The number of carbonyl (C=O) groups excluding carboxylic acids is 2. The van der Waals surface area contributed by atoms with E-state index in [4.69, 9.17) is 4.42 Å². The number of imide groups is 1. The van der Waals surface area contributed by atoms with Crippen molar-refractivity contribution in [2.24, 2.45) is 0 Å². The van der Waals surface area contributed by atoms with Crippen LogP contribution in [-0.2, 0) is 11.3 Å². The molecule has 2 aromatic heterocycles. The summed E-state index contributed by atoms with van der Waals surface area (Å²) in [4.78, 5) is 23.7. The molecular weight excluding hydrogens is 368 g/mol. The van der Waals surface area contributed by atoms with Crippen molar-refractivity contribution in [2.75, 3.05) is 5.75 Å². The van der Waals surface area contributed by atoms with E-state index in [1.54, 1.807) is 16.8 Å². The van der Waals surface area contributed by atoms with Gasteiger partial charge in [-0.15, -0.1) is 5.10 Å². The molecule has 0 saturated heterocycles. The number of aromatic nitrogens is 4. The Morgan fingerprint density at radius 3 is 2.85 bits per heavy atom. The van der Waals surface area contributed by atoms with E-state index in [9.17, 15) is 9.59 Å². The van der Waals surface area contributed by atoms with Gasteiger partial charge in [-0.1, -0.05) is 29.5 Å². The molecule has 0 atom stereocenters. The molecule has 0 aliphatic rings. The van der Waals surface area contributed by atoms with Crippen LogP contribution in [0.3, 0.4) is 0 Å². The molecule has 0 saturated carbocycles. The number of hydrogen-bond donors (Lipinski definition) is 2. The summed E-state index contributed by atoms with van der Waals surface area (Å²) in [6.45, 7) is 4.17. The van der Waals surface area contributed by atoms with Crippen molar-refractivity contribution in [2.45, 2.75) is 25.5 Å². The fraction of sp³-hybridized carbons (Fsp3) is 0.235. The third kappa shape index (κ3) is 4.94. The van der Waals surface area contributed by atoms with Crippen molar-refractivity contribution in [3.63, 3.8) is 0 Å². The molecule has 0 bridgehead atoms. The zero-order valence-corrected chi connectivity index (χ0v) is 15.6. The van der Waals surface area contributed by atoms with Gasteiger partial charge in [0.25, 0.3) is 0 Å². The van der Waals surface area contributed by atoms with Gasteiger partial charge in [-0.3, -0.25) is 10.1 Å². The van der Waals surface area contributed by atoms with Gasteiger partial charge in [0.2, 0.25) is 11.1 Å². The van der Waals surface area contributed by atoms with E-state index in [2.05, 4.69) is 26.2 Å². The third-order valence-corrected chi connectivity index (χ3v) is 4.53. The lowest BCUT2D eigenvalue weighted by molar-refractivity contribution is -0.117. The molecule has 0 aliphatic heterocycles. The Kier molecular flexibility index (Phi) is 5.87. The molecule has 0 radical (unpaired) electrons. The van der Waals surface area contributed by atoms with Crippen LogP contribution in [0, 0.1) is 13.8 Å². The molecule has 3 amide bonds. The maximum atomic E-state index is 12.0. The highest BCUT2D eigenvalue weighted by molar-refractivity contribution is 7.99. The summed E-state index contributed by atoms with van der Waals surface area (Å²) in [5, 5.41) is 16.9. The Hall–Kier alpha value is -3.14. The first-order valence-corrected chi connectivity index (χ1v) is 9.10. The number of thioether (sulfide) groups is 1. The number of benzene rings is 1. The lowest BCUT2D eigenvalue weighted by Gasteiger charge is -2.08. The average molecular weight is 386 g/mol. The molecule has 27 heavy (non-hydrogen) atoms. The van der Waals surface area contributed by atoms with Gasteiger partial charge in [0.15, 0.2) is 0 Å². The molecular formula is C17H18N6O3S. The van der Waals surface area contributed by atoms with Crippen LogP contribution in [0.2, 0.25) is 0 Å². The minimum absolute atomic E-state index is 0.000541. The zero-order valence-electron chi connectivity index (χ0n) is 14.8. The Morgan fingerprint density at radius 2 is 2.11 bits per heavy atom. The highest BCUT2D eigenvalue weighted by Crippen LogP contribution is 2.21. The predicted octanol–water partition coefficient (Wildman–Crippen LogP) is 1.99. The second-order valence-electron chi connectivity index (χ2n) is 5.76. The zero-order chi connectivity index (χ0) is 19.2. The smallest absolute Gasteiger partial charge is 0.321 e. The molecule has 0 unspecified atom stereocenters. The van der Waals surface area contributed by atoms with Crippen LogP contribution in [-0.4, -0.2) is 37.9 Å². The highest BCUT2D eigenvalue weighted by Gasteiger charge is 2.14. The lowest BCUT2D eigenvalue weighted by atomic mass is 10.1. The molecule has 0 fully saturated rings. The first-order valence-electron chi connectivity index (χ1n) is 8.12. The minimum atomic E-state index is -0.592. The summed E-state index contributed by atoms with van der Waals surface area (Å²) in [7, 11) is 0. The number of nitrogens with one attached hydrogen (secondary N) is 2. The molecule has 0 aliphatic carbocycles. The highest BCUT2D eigenvalue weighted by atomic mass is 32.2. The number of carbonyl (C=O) groups is 2. The predicted molar refractivity (Wildman–Crippen MR) is 98.4 cm³/mol. The minimum Gasteiger partial charge on any atom is -0.467 e. The van der Waals surface area contributed by atoms with Crippen LogP contribution in [0.4, 0.5) is 4.79 Å². The van der Waals surface area contributed by atoms with Gasteiger partial charge >= 0.3 is 6.03 Å². The van der Waals surface area contributed by atoms with Gasteiger partial charge in [-0.2, -0.15) is 4.68 Å². The van der Waals surface area contributed by atoms with Crippen molar-refractivity contribution < 1.29 is 14.0 Å². The number of furan rings is 1. The number of urea groups is 1. The monoisotopic (exact) mass is 386 g/mol. The number of rotatable bonds is 6. The van der Waals surface area contributed by atoms with Crippen molar-refractivity contribution in [1.82, 2.24) is 30.8 Å². The van der Waals surface area contributed by atoms with E-state index in [-0.39, 0.29) is 12.3 Å². The number of amides is 3. The molecule has 0 spiro atoms. The Labute approximate surface area is 159 Å². The summed E-state index contributed by atoms with van der Waals surface area (Å²) < 4.78 is 6.67. The molecule has 3 rings (SSSR count). The van der Waals surface area contributed by atoms with E-state index in [1.807, 2.05) is 32.0 Å². The first-order chi connectivity index (χ1) is 13.0. The van der Waals surface area contributed by atoms with Crippen LogP contribution in [0.15, 0.2) is 46.2 Å². The summed E-state index contributed by atoms with van der Waals surface area (Å²) in [6.07, 6.45) is 1.51. The first kappa shape index (κ1) is 18.6. The molecule has 2 heterocycles. The molecule has 2 N–H and O–H groups in total. The maximum Gasteiger partial charge on any atom is 0.321 e. The Bertz CT molecular complexity index is 938. The third-order valence-electron chi connectivity index (χ3n) is 3.61. The number of tetrazole rings is 1. The summed E-state index contributed by atoms with van der Waals surface area (Å²) in [6, 6.07) is 8.77. The Balaban J connectivity index is 1.53. The molecule has 9 nitrogen and oxygen atoms in total. The van der Waals surface area contributed by atoms with Crippen molar-refractivity contribution in [1.29, 1.82) is 0 Å². The average Bonchev–Trinajstić information content (AvgIpc) is 3.30. The van der Waals surface area contributed by atoms with Crippen LogP contribution in [0.1, 0.15) is 16.9 Å². The van der Waals surface area contributed by atoms with E-state index in [1.165, 1.54) is 6.26 Å². The van der Waals surface area contributed by atoms with Gasteiger partial charge in [-0.25, -0.2) is 4.79 Å². The van der Waals surface area contributed by atoms with E-state index in [0.29, 0.717) is 10.9 Å². The van der Waals surface area contributed by atoms with Gasteiger partial charge in [0, 0.05) is 0 Å². The van der Waals surface area contributed by atoms with Crippen molar-refractivity contribution >= 4 is 23.7 Å². The molecule has 3 aromatic rings. The van der Waals surface area contributed by atoms with Crippen LogP contribution >= 0.6 is 11.8 Å². The maximum absolute atomic E-state index is 12.0. The van der Waals surface area contributed by atoms with Crippen LogP contribution in [0.5, 0.6) is 0 Å². The van der Waals surface area contributed by atoms with Gasteiger partial charge in [0.1, 0.15) is 5.76 Å². The molecule has 140 valence electrons. The standard InChI is InChI=1S/C17H18N6O3S/c1-11-5-6-14(12(2)8-11)23-17(20-21-22-23)27-10-15(24)19-16(25)18-9-13-4-3-7-26-13/h3-8H,9-10H2,1-2H3,(H2,18,19,24,25). The van der Waals surface area contributed by atoms with Crippen LogP contribution in [0.25, 0.3) is 5.69 Å². The molecule has 10 heteroatoms. The number of hydrogen-bond acceptors (Lipinski definition) is 7. The largest absolute Gasteiger partial charge is 0.467 e. The second kappa shape index (κ2) is 8.49. The van der Waals surface area contributed by atoms with Crippen LogP contribution < -0.4 is 10.6 Å². The van der Waals surface area contributed by atoms with E-state index >= 15 is 0 Å².